The molecule has 0 aliphatic heterocycles. The van der Waals surface area contributed by atoms with E-state index in [1.807, 2.05) is 0 Å². The molecule has 6 heteroatoms. The van der Waals surface area contributed by atoms with Crippen LogP contribution in [0.1, 0.15) is 0 Å². The molecule has 0 aromatic rings. The Labute approximate surface area is 66.7 Å². The van der Waals surface area contributed by atoms with E-state index < -0.39 is 6.16 Å². The Morgan fingerprint density at radius 1 is 1.71 bits per heavy atom. The predicted octanol–water partition coefficient (Wildman–Crippen LogP) is -1.81. The van der Waals surface area contributed by atoms with Crippen molar-refractivity contribution >= 4 is 46.6 Å². The van der Waals surface area contributed by atoms with Crippen LogP contribution in [0.4, 0.5) is 4.79 Å². The first kappa shape index (κ1) is 15.6. The second kappa shape index (κ2) is 9.73. The minimum absolute atomic E-state index is 0. The summed E-state index contributed by atoms with van der Waals surface area (Å²) >= 11 is 0. The Morgan fingerprint density at radius 3 is 1.86 bits per heavy atom. The van der Waals surface area contributed by atoms with Crippen molar-refractivity contribution in [1.82, 2.24) is 0 Å². The first-order valence-corrected chi connectivity index (χ1v) is 0.799. The standard InChI is InChI=1S/CH2O4.Al.Mg/c2-1(3)5-4;;/h4H,(H,2,3);;/q;+3;+2/p-1. The van der Waals surface area contributed by atoms with Crippen molar-refractivity contribution in [3.63, 3.8) is 0 Å². The molecule has 0 amide bonds. The van der Waals surface area contributed by atoms with Gasteiger partial charge in [-0.3, -0.25) is 0 Å². The topological polar surface area (TPSA) is 69.6 Å². The first-order valence-electron chi connectivity index (χ1n) is 0.799. The fourth-order valence-corrected chi connectivity index (χ4v) is 0. The summed E-state index contributed by atoms with van der Waals surface area (Å²) in [4.78, 5) is 11.2. The zero-order valence-electron chi connectivity index (χ0n) is 3.46. The summed E-state index contributed by atoms with van der Waals surface area (Å²) in [6.07, 6.45) is -1.80. The third-order valence-electron chi connectivity index (χ3n) is 0.0713. The van der Waals surface area contributed by atoms with Gasteiger partial charge in [-0.2, -0.15) is 0 Å². The average Bonchev–Trinajstić information content (AvgIpc) is 1.38. The summed E-state index contributed by atoms with van der Waals surface area (Å²) in [6, 6.07) is 0. The molecule has 0 fully saturated rings. The quantitative estimate of drug-likeness (QED) is 0.237. The van der Waals surface area contributed by atoms with Crippen molar-refractivity contribution in [1.29, 1.82) is 0 Å². The van der Waals surface area contributed by atoms with Crippen LogP contribution in [-0.4, -0.2) is 51.7 Å². The van der Waals surface area contributed by atoms with Crippen LogP contribution in [-0.2, 0) is 4.89 Å². The van der Waals surface area contributed by atoms with Crippen molar-refractivity contribution in [3.05, 3.63) is 0 Å². The van der Waals surface area contributed by atoms with Crippen molar-refractivity contribution < 1.29 is 20.0 Å². The van der Waals surface area contributed by atoms with E-state index in [2.05, 4.69) is 4.89 Å². The Balaban J connectivity index is -0.0000000800. The third-order valence-corrected chi connectivity index (χ3v) is 0.0713. The number of carbonyl (C=O) groups is 1. The fraction of sp³-hybridized carbons (Fsp3) is 0. The minimum Gasteiger partial charge on any atom is -0.659 e. The van der Waals surface area contributed by atoms with Gasteiger partial charge in [0.1, 0.15) is 0 Å². The van der Waals surface area contributed by atoms with E-state index in [-0.39, 0.29) is 40.4 Å². The zero-order valence-corrected chi connectivity index (χ0v) is 6.03. The Morgan fingerprint density at radius 2 is 1.86 bits per heavy atom. The van der Waals surface area contributed by atoms with Gasteiger partial charge in [0.2, 0.25) is 0 Å². The van der Waals surface area contributed by atoms with E-state index in [0.717, 1.165) is 0 Å². The van der Waals surface area contributed by atoms with Gasteiger partial charge in [-0.25, -0.2) is 4.79 Å². The predicted molar refractivity (Wildman–Crippen MR) is 20.6 cm³/mol. The van der Waals surface area contributed by atoms with Gasteiger partial charge in [-0.1, -0.05) is 0 Å². The molecule has 0 aliphatic rings. The van der Waals surface area contributed by atoms with Gasteiger partial charge < -0.3 is 15.3 Å². The Bertz CT molecular complexity index is 47.0. The summed E-state index contributed by atoms with van der Waals surface area (Å²) in [6.45, 7) is 0. The summed E-state index contributed by atoms with van der Waals surface area (Å²) in [5.74, 6) is 0. The van der Waals surface area contributed by atoms with Gasteiger partial charge in [0.25, 0.3) is 0 Å². The van der Waals surface area contributed by atoms with E-state index >= 15 is 0 Å². The van der Waals surface area contributed by atoms with Crippen LogP contribution in [0.15, 0.2) is 0 Å². The van der Waals surface area contributed by atoms with E-state index in [4.69, 9.17) is 15.2 Å². The van der Waals surface area contributed by atoms with Gasteiger partial charge in [-0.05, 0) is 0 Å². The van der Waals surface area contributed by atoms with E-state index in [1.165, 1.54) is 0 Å². The van der Waals surface area contributed by atoms with Crippen LogP contribution in [0.5, 0.6) is 0 Å². The molecule has 30 valence electrons. The largest absolute Gasteiger partial charge is 3.00 e. The maximum absolute atomic E-state index is 8.83. The van der Waals surface area contributed by atoms with E-state index in [9.17, 15) is 0 Å². The molecule has 0 radical (unpaired) electrons. The van der Waals surface area contributed by atoms with Crippen LogP contribution in [0.3, 0.4) is 0 Å². The molecule has 1 N–H and O–H groups in total. The maximum atomic E-state index is 8.83. The van der Waals surface area contributed by atoms with Crippen LogP contribution < -0.4 is 5.26 Å². The van der Waals surface area contributed by atoms with Gasteiger partial charge >= 0.3 is 46.6 Å². The van der Waals surface area contributed by atoms with Gasteiger partial charge in [-0.15, -0.1) is 0 Å². The fourth-order valence-electron chi connectivity index (χ4n) is 0. The van der Waals surface area contributed by atoms with Crippen LogP contribution >= 0.6 is 0 Å². The monoisotopic (exact) mass is 128 g/mol. The maximum Gasteiger partial charge on any atom is 3.00 e. The van der Waals surface area contributed by atoms with Crippen molar-refractivity contribution in [2.24, 2.45) is 0 Å². The molecular formula is CHAlMgO4+4. The molecule has 0 heterocycles. The summed E-state index contributed by atoms with van der Waals surface area (Å²) in [5.41, 5.74) is 0. The first-order chi connectivity index (χ1) is 2.27. The molecule has 0 aromatic heterocycles. The molecule has 7 heavy (non-hydrogen) atoms. The molecule has 0 saturated heterocycles. The van der Waals surface area contributed by atoms with Crippen LogP contribution in [0, 0.1) is 0 Å². The summed E-state index contributed by atoms with van der Waals surface area (Å²) in [7, 11) is 0. The molecule has 0 spiro atoms. The molecule has 0 atom stereocenters. The number of hydrogen-bond donors (Lipinski definition) is 1. The Hall–Kier alpha value is 0.529. The van der Waals surface area contributed by atoms with Crippen molar-refractivity contribution in [3.8, 4) is 0 Å². The second-order valence-electron chi connectivity index (χ2n) is 0.349. The average molecular weight is 128 g/mol. The molecule has 4 nitrogen and oxygen atoms in total. The van der Waals surface area contributed by atoms with Gasteiger partial charge in [0, 0.05) is 0 Å². The molecule has 0 aliphatic carbocycles. The summed E-state index contributed by atoms with van der Waals surface area (Å²) < 4.78 is 0. The number of carboxylic acid groups (broad SMARTS) is 1. The van der Waals surface area contributed by atoms with Gasteiger partial charge in [0.15, 0.2) is 0 Å². The smallest absolute Gasteiger partial charge is 0.659 e. The number of hydrogen-bond acceptors (Lipinski definition) is 3. The molecule has 0 aromatic carbocycles. The SMILES string of the molecule is O=C(O)O[O-].[Al+3].[Mg+2]. The Kier molecular flexibility index (Phi) is 21.7. The normalized spacial score (nSPS) is 4.71. The molecule has 0 rings (SSSR count). The second-order valence-corrected chi connectivity index (χ2v) is 0.349. The zero-order chi connectivity index (χ0) is 4.28. The molecule has 0 unspecified atom stereocenters. The van der Waals surface area contributed by atoms with Crippen molar-refractivity contribution in [2.45, 2.75) is 0 Å². The molecule has 0 bridgehead atoms. The van der Waals surface area contributed by atoms with Crippen molar-refractivity contribution in [2.75, 3.05) is 0 Å². The van der Waals surface area contributed by atoms with Gasteiger partial charge in [0.05, 0.1) is 0 Å². The van der Waals surface area contributed by atoms with Crippen LogP contribution in [0.25, 0.3) is 0 Å². The molecular weight excluding hydrogens is 127 g/mol. The number of rotatable bonds is 0. The summed E-state index contributed by atoms with van der Waals surface area (Å²) in [5, 5.41) is 15.7. The van der Waals surface area contributed by atoms with Crippen LogP contribution in [0.2, 0.25) is 0 Å². The minimum atomic E-state index is -1.80. The van der Waals surface area contributed by atoms with E-state index in [0.29, 0.717) is 0 Å². The third kappa shape index (κ3) is 20.9. The van der Waals surface area contributed by atoms with E-state index in [1.54, 1.807) is 0 Å². The molecule has 0 saturated carbocycles.